The first-order valence-corrected chi connectivity index (χ1v) is 8.03. The molecule has 21 heavy (non-hydrogen) atoms. The lowest BCUT2D eigenvalue weighted by atomic mass is 10.2. The van der Waals surface area contributed by atoms with E-state index in [0.29, 0.717) is 6.61 Å². The van der Waals surface area contributed by atoms with Gasteiger partial charge in [-0.3, -0.25) is 4.68 Å². The second kappa shape index (κ2) is 7.61. The third kappa shape index (κ3) is 4.32. The van der Waals surface area contributed by atoms with E-state index in [-0.39, 0.29) is 0 Å². The van der Waals surface area contributed by atoms with Crippen LogP contribution in [0.2, 0.25) is 0 Å². The van der Waals surface area contributed by atoms with Crippen molar-refractivity contribution in [2.45, 2.75) is 33.9 Å². The number of nitrogens with zero attached hydrogens (tertiary/aromatic N) is 2. The summed E-state index contributed by atoms with van der Waals surface area (Å²) in [7, 11) is 0. The zero-order valence-corrected chi connectivity index (χ0v) is 14.4. The van der Waals surface area contributed by atoms with Crippen LogP contribution in [0.5, 0.6) is 5.75 Å². The third-order valence-electron chi connectivity index (χ3n) is 3.37. The third-order valence-corrected chi connectivity index (χ3v) is 4.52. The Hall–Kier alpha value is -1.33. The van der Waals surface area contributed by atoms with Gasteiger partial charge in [-0.15, -0.1) is 0 Å². The number of aromatic nitrogens is 2. The van der Waals surface area contributed by atoms with Crippen LogP contribution in [0.1, 0.15) is 23.9 Å². The topological polar surface area (TPSA) is 39.1 Å². The van der Waals surface area contributed by atoms with Gasteiger partial charge in [0.15, 0.2) is 0 Å². The van der Waals surface area contributed by atoms with Crippen molar-refractivity contribution in [1.29, 1.82) is 0 Å². The van der Waals surface area contributed by atoms with E-state index in [0.717, 1.165) is 41.2 Å². The SMILES string of the molecule is CCNCc1ccc(OCCn2nc(C)c(Br)c2C)cc1. The summed E-state index contributed by atoms with van der Waals surface area (Å²) in [5, 5.41) is 7.78. The van der Waals surface area contributed by atoms with Crippen LogP contribution in [0.25, 0.3) is 0 Å². The van der Waals surface area contributed by atoms with Gasteiger partial charge < -0.3 is 10.1 Å². The molecule has 0 saturated carbocycles. The minimum atomic E-state index is 0.612. The molecule has 0 fully saturated rings. The summed E-state index contributed by atoms with van der Waals surface area (Å²) in [5.41, 5.74) is 3.42. The summed E-state index contributed by atoms with van der Waals surface area (Å²) < 4.78 is 8.83. The Labute approximate surface area is 134 Å². The Morgan fingerprint density at radius 3 is 2.52 bits per heavy atom. The average molecular weight is 352 g/mol. The van der Waals surface area contributed by atoms with Crippen LogP contribution in [-0.2, 0) is 13.1 Å². The van der Waals surface area contributed by atoms with Crippen molar-refractivity contribution in [3.05, 3.63) is 45.7 Å². The molecule has 1 aromatic carbocycles. The summed E-state index contributed by atoms with van der Waals surface area (Å²) in [4.78, 5) is 0. The molecule has 2 rings (SSSR count). The standard InChI is InChI=1S/C16H22BrN3O/c1-4-18-11-14-5-7-15(8-6-14)21-10-9-20-13(3)16(17)12(2)19-20/h5-8,18H,4,9-11H2,1-3H3. The fraction of sp³-hybridized carbons (Fsp3) is 0.438. The molecule has 0 saturated heterocycles. The molecule has 0 atom stereocenters. The fourth-order valence-electron chi connectivity index (χ4n) is 2.12. The molecule has 1 N–H and O–H groups in total. The number of rotatable bonds is 7. The molecule has 4 nitrogen and oxygen atoms in total. The number of benzene rings is 1. The Morgan fingerprint density at radius 1 is 1.24 bits per heavy atom. The van der Waals surface area contributed by atoms with Gasteiger partial charge in [0.1, 0.15) is 12.4 Å². The van der Waals surface area contributed by atoms with Crippen LogP contribution in [0.4, 0.5) is 0 Å². The second-order valence-electron chi connectivity index (χ2n) is 4.98. The van der Waals surface area contributed by atoms with Crippen molar-refractivity contribution in [2.24, 2.45) is 0 Å². The van der Waals surface area contributed by atoms with Crippen LogP contribution < -0.4 is 10.1 Å². The first-order valence-electron chi connectivity index (χ1n) is 7.23. The van der Waals surface area contributed by atoms with Gasteiger partial charge in [0.25, 0.3) is 0 Å². The molecule has 0 amide bonds. The predicted octanol–water partition coefficient (Wildman–Crippen LogP) is 3.45. The van der Waals surface area contributed by atoms with E-state index in [1.165, 1.54) is 5.56 Å². The highest BCUT2D eigenvalue weighted by Crippen LogP contribution is 2.19. The zero-order chi connectivity index (χ0) is 15.2. The quantitative estimate of drug-likeness (QED) is 0.830. The van der Waals surface area contributed by atoms with Gasteiger partial charge in [-0.25, -0.2) is 0 Å². The Kier molecular flexibility index (Phi) is 5.82. The fourth-order valence-corrected chi connectivity index (χ4v) is 2.40. The van der Waals surface area contributed by atoms with Gasteiger partial charge in [0.2, 0.25) is 0 Å². The number of hydrogen-bond donors (Lipinski definition) is 1. The molecule has 1 aromatic heterocycles. The van der Waals surface area contributed by atoms with Crippen molar-refractivity contribution in [3.63, 3.8) is 0 Å². The van der Waals surface area contributed by atoms with Gasteiger partial charge in [-0.05, 0) is 54.0 Å². The molecule has 0 aliphatic heterocycles. The van der Waals surface area contributed by atoms with Crippen molar-refractivity contribution in [2.75, 3.05) is 13.2 Å². The van der Waals surface area contributed by atoms with E-state index in [4.69, 9.17) is 4.74 Å². The van der Waals surface area contributed by atoms with Gasteiger partial charge in [0.05, 0.1) is 16.7 Å². The zero-order valence-electron chi connectivity index (χ0n) is 12.8. The van der Waals surface area contributed by atoms with Crippen LogP contribution in [0.3, 0.4) is 0 Å². The summed E-state index contributed by atoms with van der Waals surface area (Å²) in [5.74, 6) is 0.899. The van der Waals surface area contributed by atoms with Gasteiger partial charge >= 0.3 is 0 Å². The first-order chi connectivity index (χ1) is 10.1. The normalized spacial score (nSPS) is 10.9. The van der Waals surface area contributed by atoms with Crippen molar-refractivity contribution in [3.8, 4) is 5.75 Å². The lowest BCUT2D eigenvalue weighted by molar-refractivity contribution is 0.289. The molecule has 0 bridgehead atoms. The van der Waals surface area contributed by atoms with Crippen molar-refractivity contribution in [1.82, 2.24) is 15.1 Å². The molecule has 5 heteroatoms. The highest BCUT2D eigenvalue weighted by Gasteiger charge is 2.08. The van der Waals surface area contributed by atoms with Gasteiger partial charge in [0, 0.05) is 12.2 Å². The predicted molar refractivity (Wildman–Crippen MR) is 88.7 cm³/mol. The van der Waals surface area contributed by atoms with E-state index < -0.39 is 0 Å². The largest absolute Gasteiger partial charge is 0.492 e. The summed E-state index contributed by atoms with van der Waals surface area (Å²) >= 11 is 3.54. The average Bonchev–Trinajstić information content (AvgIpc) is 2.74. The highest BCUT2D eigenvalue weighted by atomic mass is 79.9. The summed E-state index contributed by atoms with van der Waals surface area (Å²) in [6.07, 6.45) is 0. The number of halogens is 1. The summed E-state index contributed by atoms with van der Waals surface area (Å²) in [6.45, 7) is 9.40. The van der Waals surface area contributed by atoms with E-state index in [9.17, 15) is 0 Å². The van der Waals surface area contributed by atoms with Crippen LogP contribution in [0.15, 0.2) is 28.7 Å². The summed E-state index contributed by atoms with van der Waals surface area (Å²) in [6, 6.07) is 8.23. The molecule has 0 aliphatic rings. The van der Waals surface area contributed by atoms with Crippen molar-refractivity contribution < 1.29 is 4.74 Å². The first kappa shape index (κ1) is 16.0. The molecular formula is C16H22BrN3O. The number of ether oxygens (including phenoxy) is 1. The molecule has 2 aromatic rings. The number of hydrogen-bond acceptors (Lipinski definition) is 3. The number of nitrogens with one attached hydrogen (secondary N) is 1. The molecule has 1 heterocycles. The maximum absolute atomic E-state index is 5.78. The van der Waals surface area contributed by atoms with Gasteiger partial charge in [-0.2, -0.15) is 5.10 Å². The Balaban J connectivity index is 1.84. The minimum Gasteiger partial charge on any atom is -0.492 e. The van der Waals surface area contributed by atoms with E-state index >= 15 is 0 Å². The van der Waals surface area contributed by atoms with E-state index in [1.54, 1.807) is 0 Å². The Morgan fingerprint density at radius 2 is 1.95 bits per heavy atom. The molecule has 114 valence electrons. The number of aryl methyl sites for hydroxylation is 1. The lowest BCUT2D eigenvalue weighted by Gasteiger charge is -2.09. The van der Waals surface area contributed by atoms with E-state index in [2.05, 4.69) is 52.3 Å². The monoisotopic (exact) mass is 351 g/mol. The maximum atomic E-state index is 5.78. The van der Waals surface area contributed by atoms with Gasteiger partial charge in [-0.1, -0.05) is 19.1 Å². The van der Waals surface area contributed by atoms with Crippen LogP contribution >= 0.6 is 15.9 Å². The molecule has 0 spiro atoms. The molecule has 0 unspecified atom stereocenters. The molecule has 0 radical (unpaired) electrons. The van der Waals surface area contributed by atoms with E-state index in [1.807, 2.05) is 23.7 Å². The molecular weight excluding hydrogens is 330 g/mol. The second-order valence-corrected chi connectivity index (χ2v) is 5.77. The maximum Gasteiger partial charge on any atom is 0.119 e. The van der Waals surface area contributed by atoms with Crippen molar-refractivity contribution >= 4 is 15.9 Å². The Bertz CT molecular complexity index is 578. The lowest BCUT2D eigenvalue weighted by Crippen LogP contribution is -2.12. The minimum absolute atomic E-state index is 0.612. The molecule has 0 aliphatic carbocycles. The van der Waals surface area contributed by atoms with Crippen LogP contribution in [-0.4, -0.2) is 22.9 Å². The highest BCUT2D eigenvalue weighted by molar-refractivity contribution is 9.10. The van der Waals surface area contributed by atoms with Crippen LogP contribution in [0, 0.1) is 13.8 Å². The smallest absolute Gasteiger partial charge is 0.119 e.